The molecule has 8 heteroatoms. The molecule has 0 heterocycles. The van der Waals surface area contributed by atoms with Crippen molar-refractivity contribution in [2.24, 2.45) is 17.3 Å². The monoisotopic (exact) mass is 283 g/mol. The molecule has 1 saturated carbocycles. The van der Waals surface area contributed by atoms with Crippen molar-refractivity contribution in [2.75, 3.05) is 19.7 Å². The van der Waals surface area contributed by atoms with E-state index in [9.17, 15) is 22.8 Å². The fraction of sp³-hybridized carbons (Fsp3) is 0.818. The first-order chi connectivity index (χ1) is 8.52. The molecule has 1 rings (SSSR count). The number of aliphatic carboxylic acids is 1. The third-order valence-electron chi connectivity index (χ3n) is 3.41. The number of amides is 1. The average molecular weight is 283 g/mol. The highest BCUT2D eigenvalue weighted by Crippen LogP contribution is 2.59. The van der Waals surface area contributed by atoms with E-state index in [1.165, 1.54) is 13.8 Å². The van der Waals surface area contributed by atoms with Gasteiger partial charge in [0, 0.05) is 6.54 Å². The number of halogens is 3. The van der Waals surface area contributed by atoms with Crippen molar-refractivity contribution >= 4 is 11.9 Å². The van der Waals surface area contributed by atoms with Crippen LogP contribution in [0.2, 0.25) is 0 Å². The zero-order chi connectivity index (χ0) is 15.0. The van der Waals surface area contributed by atoms with Crippen molar-refractivity contribution < 1.29 is 33.0 Å². The number of carbonyl (C=O) groups excluding carboxylic acids is 1. The second-order valence-corrected chi connectivity index (χ2v) is 5.21. The van der Waals surface area contributed by atoms with Crippen LogP contribution in [0.1, 0.15) is 13.8 Å². The number of aliphatic hydroxyl groups excluding tert-OH is 1. The molecule has 2 atom stereocenters. The molecule has 0 aliphatic heterocycles. The first-order valence-electron chi connectivity index (χ1n) is 5.71. The molecule has 1 fully saturated rings. The van der Waals surface area contributed by atoms with Gasteiger partial charge in [0.2, 0.25) is 5.91 Å². The third-order valence-corrected chi connectivity index (χ3v) is 3.41. The Balaban J connectivity index is 2.82. The molecule has 1 aliphatic rings. The van der Waals surface area contributed by atoms with Crippen LogP contribution in [-0.2, 0) is 9.59 Å². The molecular formula is C11H16F3NO4. The molecule has 1 amide bonds. The molecule has 0 saturated heterocycles. The van der Waals surface area contributed by atoms with Crippen LogP contribution in [0.15, 0.2) is 0 Å². The van der Waals surface area contributed by atoms with E-state index in [2.05, 4.69) is 0 Å². The summed E-state index contributed by atoms with van der Waals surface area (Å²) in [6, 6.07) is 0. The van der Waals surface area contributed by atoms with Crippen molar-refractivity contribution in [1.82, 2.24) is 4.90 Å². The van der Waals surface area contributed by atoms with E-state index in [0.717, 1.165) is 0 Å². The van der Waals surface area contributed by atoms with Crippen LogP contribution in [-0.4, -0.2) is 52.9 Å². The third kappa shape index (κ3) is 3.37. The molecule has 0 aromatic rings. The number of aliphatic hydroxyl groups is 1. The molecule has 2 N–H and O–H groups in total. The topological polar surface area (TPSA) is 77.8 Å². The molecule has 0 aromatic heterocycles. The lowest BCUT2D eigenvalue weighted by atomic mass is 10.1. The van der Waals surface area contributed by atoms with Crippen LogP contribution in [0.4, 0.5) is 13.2 Å². The van der Waals surface area contributed by atoms with Crippen molar-refractivity contribution in [3.63, 3.8) is 0 Å². The highest BCUT2D eigenvalue weighted by atomic mass is 19.4. The molecule has 110 valence electrons. The summed E-state index contributed by atoms with van der Waals surface area (Å²) in [6.45, 7) is 0.507. The van der Waals surface area contributed by atoms with Gasteiger partial charge in [-0.05, 0) is 5.41 Å². The van der Waals surface area contributed by atoms with Crippen molar-refractivity contribution in [2.45, 2.75) is 20.0 Å². The van der Waals surface area contributed by atoms with Gasteiger partial charge in [0.1, 0.15) is 6.54 Å². The summed E-state index contributed by atoms with van der Waals surface area (Å²) in [5, 5.41) is 17.6. The van der Waals surface area contributed by atoms with E-state index in [0.29, 0.717) is 4.90 Å². The van der Waals surface area contributed by atoms with Gasteiger partial charge in [-0.15, -0.1) is 0 Å². The number of alkyl halides is 3. The van der Waals surface area contributed by atoms with E-state index in [-0.39, 0.29) is 0 Å². The zero-order valence-corrected chi connectivity index (χ0v) is 10.6. The van der Waals surface area contributed by atoms with Crippen LogP contribution in [0.25, 0.3) is 0 Å². The summed E-state index contributed by atoms with van der Waals surface area (Å²) in [5.74, 6) is -4.02. The standard InChI is InChI=1S/C11H16F3NO4/c1-10(2)6(7(10)9(18)19)8(17)15(3-4-16)5-11(12,13)14/h6-7,16H,3-5H2,1-2H3,(H,18,19). The van der Waals surface area contributed by atoms with E-state index in [4.69, 9.17) is 10.2 Å². The Morgan fingerprint density at radius 3 is 2.11 bits per heavy atom. The molecule has 2 unspecified atom stereocenters. The molecule has 0 aromatic carbocycles. The summed E-state index contributed by atoms with van der Waals surface area (Å²) in [7, 11) is 0. The van der Waals surface area contributed by atoms with Gasteiger partial charge in [0.05, 0.1) is 18.4 Å². The summed E-state index contributed by atoms with van der Waals surface area (Å²) < 4.78 is 37.0. The number of carboxylic acids is 1. The van der Waals surface area contributed by atoms with Crippen molar-refractivity contribution in [3.05, 3.63) is 0 Å². The van der Waals surface area contributed by atoms with Crippen molar-refractivity contribution in [1.29, 1.82) is 0 Å². The molecule has 0 radical (unpaired) electrons. The number of hydrogen-bond donors (Lipinski definition) is 2. The van der Waals surface area contributed by atoms with Gasteiger partial charge < -0.3 is 15.1 Å². The first-order valence-corrected chi connectivity index (χ1v) is 5.71. The maximum absolute atomic E-state index is 12.3. The van der Waals surface area contributed by atoms with Gasteiger partial charge in [0.25, 0.3) is 0 Å². The minimum absolute atomic E-state index is 0.461. The van der Waals surface area contributed by atoms with E-state index in [1.807, 2.05) is 0 Å². The summed E-state index contributed by atoms with van der Waals surface area (Å²) in [6.07, 6.45) is -4.58. The molecule has 19 heavy (non-hydrogen) atoms. The first kappa shape index (κ1) is 15.7. The van der Waals surface area contributed by atoms with Crippen LogP contribution < -0.4 is 0 Å². The highest BCUT2D eigenvalue weighted by molar-refractivity contribution is 5.91. The Bertz CT molecular complexity index is 381. The maximum Gasteiger partial charge on any atom is 0.406 e. The minimum Gasteiger partial charge on any atom is -0.481 e. The molecule has 0 bridgehead atoms. The minimum atomic E-state index is -4.58. The SMILES string of the molecule is CC1(C)C(C(=O)O)C1C(=O)N(CCO)CC(F)(F)F. The number of nitrogens with zero attached hydrogens (tertiary/aromatic N) is 1. The summed E-state index contributed by atoms with van der Waals surface area (Å²) in [5.41, 5.74) is -0.859. The van der Waals surface area contributed by atoms with Crippen LogP contribution >= 0.6 is 0 Å². The van der Waals surface area contributed by atoms with Gasteiger partial charge in [0.15, 0.2) is 0 Å². The summed E-state index contributed by atoms with van der Waals surface area (Å²) >= 11 is 0. The average Bonchev–Trinajstić information content (AvgIpc) is 2.78. The Kier molecular flexibility index (Phi) is 4.14. The van der Waals surface area contributed by atoms with Gasteiger partial charge in [-0.25, -0.2) is 0 Å². The lowest BCUT2D eigenvalue weighted by Crippen LogP contribution is -2.42. The van der Waals surface area contributed by atoms with Crippen molar-refractivity contribution in [3.8, 4) is 0 Å². The smallest absolute Gasteiger partial charge is 0.406 e. The Hall–Kier alpha value is -1.31. The molecular weight excluding hydrogens is 267 g/mol. The molecule has 1 aliphatic carbocycles. The summed E-state index contributed by atoms with van der Waals surface area (Å²) in [4.78, 5) is 23.3. The van der Waals surface area contributed by atoms with Crippen LogP contribution in [0.5, 0.6) is 0 Å². The normalized spacial score (nSPS) is 24.9. The largest absolute Gasteiger partial charge is 0.481 e. The lowest BCUT2D eigenvalue weighted by Gasteiger charge is -2.23. The fourth-order valence-electron chi connectivity index (χ4n) is 2.36. The van der Waals surface area contributed by atoms with E-state index < -0.39 is 55.0 Å². The number of hydrogen-bond acceptors (Lipinski definition) is 3. The predicted molar refractivity (Wildman–Crippen MR) is 58.1 cm³/mol. The maximum atomic E-state index is 12.3. The fourth-order valence-corrected chi connectivity index (χ4v) is 2.36. The highest BCUT2D eigenvalue weighted by Gasteiger charge is 2.66. The Morgan fingerprint density at radius 1 is 1.26 bits per heavy atom. The molecule has 0 spiro atoms. The van der Waals surface area contributed by atoms with E-state index in [1.54, 1.807) is 0 Å². The van der Waals surface area contributed by atoms with Gasteiger partial charge in [-0.3, -0.25) is 9.59 Å². The quantitative estimate of drug-likeness (QED) is 0.779. The Morgan fingerprint density at radius 2 is 1.79 bits per heavy atom. The lowest BCUT2D eigenvalue weighted by molar-refractivity contribution is -0.163. The Labute approximate surface area is 108 Å². The number of carbonyl (C=O) groups is 2. The van der Waals surface area contributed by atoms with Gasteiger partial charge in [-0.1, -0.05) is 13.8 Å². The van der Waals surface area contributed by atoms with Crippen LogP contribution in [0, 0.1) is 17.3 Å². The predicted octanol–water partition coefficient (Wildman–Crippen LogP) is 0.726. The second-order valence-electron chi connectivity index (χ2n) is 5.21. The number of carboxylic acid groups (broad SMARTS) is 1. The van der Waals surface area contributed by atoms with Crippen LogP contribution in [0.3, 0.4) is 0 Å². The number of rotatable bonds is 5. The zero-order valence-electron chi connectivity index (χ0n) is 10.6. The molecule has 5 nitrogen and oxygen atoms in total. The second kappa shape index (κ2) is 4.99. The van der Waals surface area contributed by atoms with Gasteiger partial charge in [-0.2, -0.15) is 13.2 Å². The van der Waals surface area contributed by atoms with E-state index >= 15 is 0 Å². The van der Waals surface area contributed by atoms with Gasteiger partial charge >= 0.3 is 12.1 Å².